The summed E-state index contributed by atoms with van der Waals surface area (Å²) >= 11 is 0. The molecule has 0 radical (unpaired) electrons. The van der Waals surface area contributed by atoms with E-state index in [0.717, 1.165) is 48.0 Å². The average molecular weight is 397 g/mol. The Bertz CT molecular complexity index is 1010. The lowest BCUT2D eigenvalue weighted by molar-refractivity contribution is -0.141. The Labute approximate surface area is 167 Å². The van der Waals surface area contributed by atoms with Crippen LogP contribution in [0.25, 0.3) is 22.3 Å². The Morgan fingerprint density at radius 2 is 2.14 bits per heavy atom. The van der Waals surface area contributed by atoms with Gasteiger partial charge in [0.1, 0.15) is 12.0 Å². The van der Waals surface area contributed by atoms with E-state index in [-0.39, 0.29) is 19.1 Å². The van der Waals surface area contributed by atoms with Crippen LogP contribution < -0.4 is 0 Å². The van der Waals surface area contributed by atoms with Gasteiger partial charge in [0.2, 0.25) is 0 Å². The van der Waals surface area contributed by atoms with Crippen LogP contribution in [0, 0.1) is 5.92 Å². The fourth-order valence-corrected chi connectivity index (χ4v) is 4.02. The van der Waals surface area contributed by atoms with Gasteiger partial charge in [-0.3, -0.25) is 9.48 Å². The second-order valence-corrected chi connectivity index (χ2v) is 7.14. The first-order valence-corrected chi connectivity index (χ1v) is 9.85. The molecule has 1 fully saturated rings. The van der Waals surface area contributed by atoms with Crippen LogP contribution in [0.1, 0.15) is 45.1 Å². The van der Waals surface area contributed by atoms with Crippen molar-refractivity contribution < 1.29 is 19.1 Å². The predicted molar refractivity (Wildman–Crippen MR) is 104 cm³/mol. The van der Waals surface area contributed by atoms with Crippen LogP contribution >= 0.6 is 0 Å². The third-order valence-corrected chi connectivity index (χ3v) is 5.35. The molecule has 9 nitrogen and oxygen atoms in total. The number of aromatic amines is 1. The molecule has 3 aromatic heterocycles. The van der Waals surface area contributed by atoms with Crippen molar-refractivity contribution in [2.45, 2.75) is 45.1 Å². The molecule has 0 saturated heterocycles. The first-order chi connectivity index (χ1) is 14.2. The summed E-state index contributed by atoms with van der Waals surface area (Å²) in [6, 6.07) is 1.74. The number of carbonyl (C=O) groups excluding carboxylic acids is 2. The number of carbonyl (C=O) groups is 2. The number of hydrogen-bond donors (Lipinski definition) is 1. The Hall–Kier alpha value is -3.23. The highest BCUT2D eigenvalue weighted by atomic mass is 16.7. The maximum absolute atomic E-state index is 12.3. The summed E-state index contributed by atoms with van der Waals surface area (Å²) < 4.78 is 11.3. The molecule has 0 aromatic carbocycles. The molecule has 0 bridgehead atoms. The van der Waals surface area contributed by atoms with E-state index in [0.29, 0.717) is 5.92 Å². The second-order valence-electron chi connectivity index (χ2n) is 7.14. The number of aromatic nitrogens is 5. The molecule has 1 saturated carbocycles. The monoisotopic (exact) mass is 397 g/mol. The minimum absolute atomic E-state index is 0.0634. The molecule has 0 spiro atoms. The first kappa shape index (κ1) is 19.1. The second kappa shape index (κ2) is 8.42. The zero-order chi connectivity index (χ0) is 20.2. The molecule has 1 unspecified atom stereocenters. The molecule has 0 amide bonds. The van der Waals surface area contributed by atoms with Gasteiger partial charge in [-0.15, -0.1) is 0 Å². The van der Waals surface area contributed by atoms with Crippen LogP contribution in [0.2, 0.25) is 0 Å². The molecule has 152 valence electrons. The van der Waals surface area contributed by atoms with Crippen LogP contribution in [0.3, 0.4) is 0 Å². The maximum atomic E-state index is 12.3. The SMILES string of the molecule is CCOC(=O)OC(=O)CC(C1CCCC1)n1cc(-c2ncnc3[nH]ccc23)cn1. The predicted octanol–water partition coefficient (Wildman–Crippen LogP) is 3.64. The number of nitrogens with zero attached hydrogens (tertiary/aromatic N) is 4. The molecule has 1 aliphatic rings. The van der Waals surface area contributed by atoms with E-state index in [1.807, 2.05) is 18.5 Å². The molecule has 3 heterocycles. The van der Waals surface area contributed by atoms with Crippen LogP contribution in [-0.2, 0) is 14.3 Å². The largest absolute Gasteiger partial charge is 0.516 e. The lowest BCUT2D eigenvalue weighted by atomic mass is 9.95. The number of nitrogens with one attached hydrogen (secondary N) is 1. The fraction of sp³-hybridized carbons (Fsp3) is 0.450. The van der Waals surface area contributed by atoms with Gasteiger partial charge in [0.15, 0.2) is 0 Å². The van der Waals surface area contributed by atoms with Crippen LogP contribution in [0.15, 0.2) is 31.0 Å². The van der Waals surface area contributed by atoms with E-state index in [2.05, 4.69) is 20.1 Å². The molecule has 29 heavy (non-hydrogen) atoms. The third kappa shape index (κ3) is 4.13. The number of esters is 1. The molecule has 0 aliphatic heterocycles. The summed E-state index contributed by atoms with van der Waals surface area (Å²) in [6.45, 7) is 1.82. The van der Waals surface area contributed by atoms with Gasteiger partial charge < -0.3 is 14.5 Å². The average Bonchev–Trinajstić information content (AvgIpc) is 3.47. The van der Waals surface area contributed by atoms with Gasteiger partial charge in [-0.05, 0) is 31.7 Å². The molecule has 1 N–H and O–H groups in total. The van der Waals surface area contributed by atoms with E-state index in [1.54, 1.807) is 17.8 Å². The van der Waals surface area contributed by atoms with Gasteiger partial charge >= 0.3 is 12.1 Å². The maximum Gasteiger partial charge on any atom is 0.516 e. The minimum Gasteiger partial charge on any atom is -0.434 e. The van der Waals surface area contributed by atoms with Crippen molar-refractivity contribution in [1.29, 1.82) is 0 Å². The van der Waals surface area contributed by atoms with Crippen molar-refractivity contribution >= 4 is 23.2 Å². The van der Waals surface area contributed by atoms with Gasteiger partial charge in [-0.2, -0.15) is 5.10 Å². The molecule has 1 atom stereocenters. The normalized spacial score (nSPS) is 15.5. The fourth-order valence-electron chi connectivity index (χ4n) is 4.02. The van der Waals surface area contributed by atoms with Crippen molar-refractivity contribution in [1.82, 2.24) is 24.7 Å². The highest BCUT2D eigenvalue weighted by molar-refractivity contribution is 5.90. The number of ether oxygens (including phenoxy) is 2. The first-order valence-electron chi connectivity index (χ1n) is 9.85. The van der Waals surface area contributed by atoms with Crippen LogP contribution in [-0.4, -0.2) is 43.5 Å². The molecule has 1 aliphatic carbocycles. The van der Waals surface area contributed by atoms with Gasteiger partial charge in [0.05, 0.1) is 31.0 Å². The summed E-state index contributed by atoms with van der Waals surface area (Å²) in [6.07, 6.45) is 10.4. The number of H-pyrrole nitrogens is 1. The van der Waals surface area contributed by atoms with E-state index in [1.165, 1.54) is 6.33 Å². The highest BCUT2D eigenvalue weighted by Crippen LogP contribution is 2.37. The molecule has 3 aromatic rings. The van der Waals surface area contributed by atoms with Gasteiger partial charge in [-0.1, -0.05) is 12.8 Å². The zero-order valence-electron chi connectivity index (χ0n) is 16.2. The Kier molecular flexibility index (Phi) is 5.55. The molecular weight excluding hydrogens is 374 g/mol. The minimum atomic E-state index is -0.959. The van der Waals surface area contributed by atoms with E-state index in [9.17, 15) is 9.59 Å². The smallest absolute Gasteiger partial charge is 0.434 e. The van der Waals surface area contributed by atoms with Crippen molar-refractivity contribution in [2.75, 3.05) is 6.61 Å². The number of hydrogen-bond acceptors (Lipinski definition) is 7. The van der Waals surface area contributed by atoms with E-state index < -0.39 is 12.1 Å². The molecular formula is C20H23N5O4. The molecule has 4 rings (SSSR count). The lowest BCUT2D eigenvalue weighted by Gasteiger charge is -2.22. The zero-order valence-corrected chi connectivity index (χ0v) is 16.2. The summed E-state index contributed by atoms with van der Waals surface area (Å²) in [7, 11) is 0. The quantitative estimate of drug-likeness (QED) is 0.499. The molecule has 9 heteroatoms. The Balaban J connectivity index is 1.58. The summed E-state index contributed by atoms with van der Waals surface area (Å²) in [5.41, 5.74) is 2.38. The summed E-state index contributed by atoms with van der Waals surface area (Å²) in [4.78, 5) is 35.5. The number of fused-ring (bicyclic) bond motifs is 1. The van der Waals surface area contributed by atoms with Crippen molar-refractivity contribution in [3.05, 3.63) is 31.0 Å². The Morgan fingerprint density at radius 1 is 1.31 bits per heavy atom. The third-order valence-electron chi connectivity index (χ3n) is 5.35. The van der Waals surface area contributed by atoms with Crippen LogP contribution in [0.5, 0.6) is 0 Å². The topological polar surface area (TPSA) is 112 Å². The van der Waals surface area contributed by atoms with Crippen LogP contribution in [0.4, 0.5) is 4.79 Å². The summed E-state index contributed by atoms with van der Waals surface area (Å²) in [5.74, 6) is -0.303. The number of rotatable bonds is 6. The van der Waals surface area contributed by atoms with Crippen molar-refractivity contribution in [2.24, 2.45) is 5.92 Å². The van der Waals surface area contributed by atoms with E-state index >= 15 is 0 Å². The van der Waals surface area contributed by atoms with E-state index in [4.69, 9.17) is 9.47 Å². The standard InChI is InChI=1S/C20H23N5O4/c1-2-28-20(27)29-17(26)9-16(13-5-3-4-6-13)25-11-14(10-24-25)18-15-7-8-21-19(15)23-12-22-18/h7-8,10-13,16H,2-6,9H2,1H3,(H,21,22,23). The van der Waals surface area contributed by atoms with Crippen molar-refractivity contribution in [3.8, 4) is 11.3 Å². The van der Waals surface area contributed by atoms with Gasteiger partial charge in [0.25, 0.3) is 0 Å². The van der Waals surface area contributed by atoms with Gasteiger partial charge in [0, 0.05) is 23.3 Å². The van der Waals surface area contributed by atoms with Gasteiger partial charge in [-0.25, -0.2) is 14.8 Å². The lowest BCUT2D eigenvalue weighted by Crippen LogP contribution is -2.24. The summed E-state index contributed by atoms with van der Waals surface area (Å²) in [5, 5.41) is 5.43. The highest BCUT2D eigenvalue weighted by Gasteiger charge is 2.30. The Morgan fingerprint density at radius 3 is 2.93 bits per heavy atom. The van der Waals surface area contributed by atoms with Crippen molar-refractivity contribution in [3.63, 3.8) is 0 Å².